The third-order valence-corrected chi connectivity index (χ3v) is 4.10. The van der Waals surface area contributed by atoms with Crippen LogP contribution in [0, 0.1) is 0 Å². The lowest BCUT2D eigenvalue weighted by atomic mass is 10.1. The second kappa shape index (κ2) is 5.91. The molecule has 100 valence electrons. The average molecular weight is 290 g/mol. The molecule has 0 atom stereocenters. The van der Waals surface area contributed by atoms with Gasteiger partial charge in [-0.2, -0.15) is 0 Å². The molecular weight excluding hydrogens is 274 g/mol. The van der Waals surface area contributed by atoms with Gasteiger partial charge in [0.2, 0.25) is 9.05 Å². The van der Waals surface area contributed by atoms with Crippen molar-refractivity contribution in [1.29, 1.82) is 0 Å². The molecule has 0 unspecified atom stereocenters. The summed E-state index contributed by atoms with van der Waals surface area (Å²) in [6.07, 6.45) is 0.454. The van der Waals surface area contributed by atoms with E-state index in [1.807, 2.05) is 24.3 Å². The Morgan fingerprint density at radius 2 is 1.78 bits per heavy atom. The van der Waals surface area contributed by atoms with Crippen LogP contribution < -0.4 is 4.90 Å². The molecule has 1 saturated heterocycles. The first-order valence-electron chi connectivity index (χ1n) is 5.88. The molecule has 0 aliphatic carbocycles. The Labute approximate surface area is 112 Å². The highest BCUT2D eigenvalue weighted by molar-refractivity contribution is 8.13. The molecule has 1 fully saturated rings. The molecule has 1 aromatic carbocycles. The zero-order valence-corrected chi connectivity index (χ0v) is 11.6. The van der Waals surface area contributed by atoms with Gasteiger partial charge in [0.05, 0.1) is 19.0 Å². The van der Waals surface area contributed by atoms with Crippen molar-refractivity contribution in [3.63, 3.8) is 0 Å². The summed E-state index contributed by atoms with van der Waals surface area (Å²) < 4.78 is 27.0. The van der Waals surface area contributed by atoms with E-state index in [0.29, 0.717) is 6.42 Å². The predicted molar refractivity (Wildman–Crippen MR) is 72.8 cm³/mol. The summed E-state index contributed by atoms with van der Waals surface area (Å²) >= 11 is 0. The number of hydrogen-bond acceptors (Lipinski definition) is 4. The van der Waals surface area contributed by atoms with Gasteiger partial charge in [-0.1, -0.05) is 12.1 Å². The molecule has 0 aromatic heterocycles. The van der Waals surface area contributed by atoms with Gasteiger partial charge in [0.25, 0.3) is 0 Å². The minimum Gasteiger partial charge on any atom is -0.378 e. The lowest BCUT2D eigenvalue weighted by molar-refractivity contribution is 0.122. The predicted octanol–water partition coefficient (Wildman–Crippen LogP) is 1.63. The Kier molecular flexibility index (Phi) is 4.48. The summed E-state index contributed by atoms with van der Waals surface area (Å²) in [4.78, 5) is 2.26. The van der Waals surface area contributed by atoms with Crippen LogP contribution >= 0.6 is 10.7 Å². The number of hydrogen-bond donors (Lipinski definition) is 0. The maximum Gasteiger partial charge on any atom is 0.232 e. The van der Waals surface area contributed by atoms with Gasteiger partial charge in [0.15, 0.2) is 0 Å². The van der Waals surface area contributed by atoms with Crippen LogP contribution in [-0.2, 0) is 20.2 Å². The van der Waals surface area contributed by atoms with Gasteiger partial charge in [-0.05, 0) is 24.1 Å². The second-order valence-corrected chi connectivity index (χ2v) is 7.16. The third-order valence-electron chi connectivity index (χ3n) is 2.95. The second-order valence-electron chi connectivity index (χ2n) is 4.26. The Morgan fingerprint density at radius 3 is 2.33 bits per heavy atom. The molecule has 18 heavy (non-hydrogen) atoms. The molecule has 0 N–H and O–H groups in total. The summed E-state index contributed by atoms with van der Waals surface area (Å²) in [6.45, 7) is 3.31. The third kappa shape index (κ3) is 4.15. The van der Waals surface area contributed by atoms with E-state index in [1.165, 1.54) is 0 Å². The zero-order valence-electron chi connectivity index (χ0n) is 10.0. The lowest BCUT2D eigenvalue weighted by Gasteiger charge is -2.28. The summed E-state index contributed by atoms with van der Waals surface area (Å²) in [5.74, 6) is -0.0224. The SMILES string of the molecule is O=S(=O)(Cl)CCc1ccc(N2CCOCC2)cc1. The van der Waals surface area contributed by atoms with Crippen molar-refractivity contribution in [2.24, 2.45) is 0 Å². The maximum atomic E-state index is 10.9. The topological polar surface area (TPSA) is 46.6 Å². The van der Waals surface area contributed by atoms with E-state index in [2.05, 4.69) is 4.90 Å². The van der Waals surface area contributed by atoms with Crippen molar-refractivity contribution in [3.05, 3.63) is 29.8 Å². The molecule has 4 nitrogen and oxygen atoms in total. The normalized spacial score (nSPS) is 16.8. The molecule has 1 aliphatic heterocycles. The van der Waals surface area contributed by atoms with Crippen LogP contribution in [-0.4, -0.2) is 40.5 Å². The van der Waals surface area contributed by atoms with E-state index in [-0.39, 0.29) is 5.75 Å². The number of benzene rings is 1. The minimum atomic E-state index is -3.41. The van der Waals surface area contributed by atoms with Crippen LogP contribution in [0.15, 0.2) is 24.3 Å². The highest BCUT2D eigenvalue weighted by atomic mass is 35.7. The lowest BCUT2D eigenvalue weighted by Crippen LogP contribution is -2.36. The number of aryl methyl sites for hydroxylation is 1. The number of morpholine rings is 1. The van der Waals surface area contributed by atoms with Crippen LogP contribution in [0.2, 0.25) is 0 Å². The van der Waals surface area contributed by atoms with Gasteiger partial charge in [-0.15, -0.1) is 0 Å². The number of nitrogens with zero attached hydrogens (tertiary/aromatic N) is 1. The fraction of sp³-hybridized carbons (Fsp3) is 0.500. The molecule has 0 bridgehead atoms. The summed E-state index contributed by atoms with van der Waals surface area (Å²) in [7, 11) is 1.78. The first-order chi connectivity index (χ1) is 8.54. The van der Waals surface area contributed by atoms with Gasteiger partial charge >= 0.3 is 0 Å². The molecule has 0 amide bonds. The molecule has 2 rings (SSSR count). The van der Waals surface area contributed by atoms with E-state index in [0.717, 1.165) is 37.6 Å². The Hall–Kier alpha value is -0.780. The standard InChI is InChI=1S/C12H16ClNO3S/c13-18(15,16)10-5-11-1-3-12(4-2-11)14-6-8-17-9-7-14/h1-4H,5-10H2. The van der Waals surface area contributed by atoms with Crippen LogP contribution in [0.3, 0.4) is 0 Å². The molecule has 1 aromatic rings. The van der Waals surface area contributed by atoms with Crippen LogP contribution in [0.4, 0.5) is 5.69 Å². The first kappa shape index (κ1) is 13.6. The smallest absolute Gasteiger partial charge is 0.232 e. The summed E-state index contributed by atoms with van der Waals surface area (Å²) in [6, 6.07) is 7.93. The van der Waals surface area contributed by atoms with Gasteiger partial charge < -0.3 is 9.64 Å². The first-order valence-corrected chi connectivity index (χ1v) is 8.36. The van der Waals surface area contributed by atoms with E-state index in [1.54, 1.807) is 0 Å². The van der Waals surface area contributed by atoms with E-state index in [9.17, 15) is 8.42 Å². The Balaban J connectivity index is 1.96. The molecular formula is C12H16ClNO3S. The van der Waals surface area contributed by atoms with Gasteiger partial charge in [0.1, 0.15) is 0 Å². The minimum absolute atomic E-state index is 0.0224. The van der Waals surface area contributed by atoms with E-state index in [4.69, 9.17) is 15.4 Å². The van der Waals surface area contributed by atoms with Crippen molar-refractivity contribution in [3.8, 4) is 0 Å². The van der Waals surface area contributed by atoms with Crippen LogP contribution in [0.5, 0.6) is 0 Å². The van der Waals surface area contributed by atoms with Crippen LogP contribution in [0.1, 0.15) is 5.56 Å². The zero-order chi connectivity index (χ0) is 13.0. The number of halogens is 1. The summed E-state index contributed by atoms with van der Waals surface area (Å²) in [5, 5.41) is 0. The Morgan fingerprint density at radius 1 is 1.17 bits per heavy atom. The Bertz CT molecular complexity index is 481. The van der Waals surface area contributed by atoms with Crippen molar-refractivity contribution >= 4 is 25.4 Å². The van der Waals surface area contributed by atoms with E-state index >= 15 is 0 Å². The quantitative estimate of drug-likeness (QED) is 0.791. The molecule has 1 aliphatic rings. The average Bonchev–Trinajstić information content (AvgIpc) is 2.37. The van der Waals surface area contributed by atoms with Crippen molar-refractivity contribution in [2.75, 3.05) is 37.0 Å². The maximum absolute atomic E-state index is 10.9. The van der Waals surface area contributed by atoms with Crippen molar-refractivity contribution in [1.82, 2.24) is 0 Å². The van der Waals surface area contributed by atoms with Crippen LogP contribution in [0.25, 0.3) is 0 Å². The van der Waals surface area contributed by atoms with Gasteiger partial charge in [-0.3, -0.25) is 0 Å². The van der Waals surface area contributed by atoms with Crippen molar-refractivity contribution in [2.45, 2.75) is 6.42 Å². The monoisotopic (exact) mass is 289 g/mol. The number of anilines is 1. The molecule has 0 radical (unpaired) electrons. The molecule has 0 spiro atoms. The van der Waals surface area contributed by atoms with Crippen molar-refractivity contribution < 1.29 is 13.2 Å². The molecule has 1 heterocycles. The molecule has 0 saturated carbocycles. The van der Waals surface area contributed by atoms with Gasteiger partial charge in [0, 0.05) is 29.5 Å². The largest absolute Gasteiger partial charge is 0.378 e. The fourth-order valence-corrected chi connectivity index (χ4v) is 2.65. The fourth-order valence-electron chi connectivity index (χ4n) is 1.93. The van der Waals surface area contributed by atoms with E-state index < -0.39 is 9.05 Å². The highest BCUT2D eigenvalue weighted by Gasteiger charge is 2.11. The number of rotatable bonds is 4. The molecule has 6 heteroatoms. The van der Waals surface area contributed by atoms with Gasteiger partial charge in [-0.25, -0.2) is 8.42 Å². The highest BCUT2D eigenvalue weighted by Crippen LogP contribution is 2.17. The number of ether oxygens (including phenoxy) is 1. The summed E-state index contributed by atoms with van der Waals surface area (Å²) in [5.41, 5.74) is 2.13.